The van der Waals surface area contributed by atoms with Gasteiger partial charge in [-0.2, -0.15) is 5.21 Å². The number of carbonyl (C=O) groups is 1. The molecule has 2 aliphatic heterocycles. The van der Waals surface area contributed by atoms with Gasteiger partial charge in [0.25, 0.3) is 5.91 Å². The summed E-state index contributed by atoms with van der Waals surface area (Å²) in [5.74, 6) is 1.50. The highest BCUT2D eigenvalue weighted by Gasteiger charge is 2.31. The molecule has 1 aromatic heterocycles. The van der Waals surface area contributed by atoms with Crippen LogP contribution in [0.2, 0.25) is 5.02 Å². The molecule has 34 heavy (non-hydrogen) atoms. The number of amides is 1. The van der Waals surface area contributed by atoms with Crippen LogP contribution < -0.4 is 9.47 Å². The quantitative estimate of drug-likeness (QED) is 0.575. The summed E-state index contributed by atoms with van der Waals surface area (Å²) in [6.45, 7) is 2.91. The van der Waals surface area contributed by atoms with E-state index < -0.39 is 12.4 Å². The minimum absolute atomic E-state index is 0.0531. The maximum Gasteiger partial charge on any atom is 0.263 e. The van der Waals surface area contributed by atoms with Gasteiger partial charge < -0.3 is 19.5 Å². The fraction of sp³-hybridized carbons (Fsp3) is 0.333. The van der Waals surface area contributed by atoms with Gasteiger partial charge in [0.1, 0.15) is 11.5 Å². The number of aliphatic hydroxyl groups excluding tert-OH is 1. The number of nitrogens with zero attached hydrogens (tertiary/aromatic N) is 4. The van der Waals surface area contributed by atoms with Gasteiger partial charge in [-0.05, 0) is 49.6 Å². The van der Waals surface area contributed by atoms with Crippen molar-refractivity contribution in [1.29, 1.82) is 0 Å². The summed E-state index contributed by atoms with van der Waals surface area (Å²) in [5, 5.41) is 25.1. The van der Waals surface area contributed by atoms with Crippen LogP contribution in [0.15, 0.2) is 48.5 Å². The molecule has 3 unspecified atom stereocenters. The lowest BCUT2D eigenvalue weighted by Crippen LogP contribution is -2.45. The first-order valence-corrected chi connectivity index (χ1v) is 11.5. The molecule has 0 saturated carbocycles. The number of nitrogens with one attached hydrogen (secondary N) is 1. The number of carbonyl (C=O) groups excluding carboxylic acids is 1. The molecule has 3 aromatic rings. The zero-order valence-corrected chi connectivity index (χ0v) is 19.3. The van der Waals surface area contributed by atoms with Crippen LogP contribution >= 0.6 is 11.6 Å². The van der Waals surface area contributed by atoms with Gasteiger partial charge in [0.15, 0.2) is 11.9 Å². The van der Waals surface area contributed by atoms with E-state index >= 15 is 0 Å². The van der Waals surface area contributed by atoms with Crippen molar-refractivity contribution in [3.05, 3.63) is 70.5 Å². The summed E-state index contributed by atoms with van der Waals surface area (Å²) in [6, 6.07) is 12.7. The predicted molar refractivity (Wildman–Crippen MR) is 124 cm³/mol. The van der Waals surface area contributed by atoms with Gasteiger partial charge in [0.2, 0.25) is 6.29 Å². The smallest absolute Gasteiger partial charge is 0.263 e. The molecule has 9 nitrogen and oxygen atoms in total. The molecule has 0 bridgehead atoms. The predicted octanol–water partition coefficient (Wildman–Crippen LogP) is 3.17. The molecule has 10 heteroatoms. The molecule has 0 radical (unpaired) electrons. The number of benzene rings is 2. The SMILES string of the molecule is CC(Oc1ccc2c(c1)OC(O)C=C2c1ccccc1Cl)C(=O)N1CCCC(c2nn[nH]n2)C1. The Labute approximate surface area is 201 Å². The third-order valence-corrected chi connectivity index (χ3v) is 6.41. The molecule has 3 heterocycles. The van der Waals surface area contributed by atoms with Crippen molar-refractivity contribution in [3.63, 3.8) is 0 Å². The number of fused-ring (bicyclic) bond motifs is 1. The Balaban J connectivity index is 1.31. The highest BCUT2D eigenvalue weighted by Crippen LogP contribution is 2.40. The number of aromatic amines is 1. The zero-order chi connectivity index (χ0) is 23.7. The number of H-pyrrole nitrogens is 1. The van der Waals surface area contributed by atoms with Crippen molar-refractivity contribution in [2.45, 2.75) is 38.1 Å². The van der Waals surface area contributed by atoms with E-state index in [1.54, 1.807) is 36.1 Å². The zero-order valence-electron chi connectivity index (χ0n) is 18.5. The highest BCUT2D eigenvalue weighted by molar-refractivity contribution is 6.32. The van der Waals surface area contributed by atoms with Crippen LogP contribution in [0.1, 0.15) is 42.6 Å². The second-order valence-corrected chi connectivity index (χ2v) is 8.79. The van der Waals surface area contributed by atoms with Crippen molar-refractivity contribution in [2.24, 2.45) is 0 Å². The molecule has 176 valence electrons. The van der Waals surface area contributed by atoms with E-state index in [1.165, 1.54) is 0 Å². The van der Waals surface area contributed by atoms with Crippen molar-refractivity contribution >= 4 is 23.1 Å². The van der Waals surface area contributed by atoms with Gasteiger partial charge in [-0.25, -0.2) is 0 Å². The third kappa shape index (κ3) is 4.49. The number of aromatic nitrogens is 4. The van der Waals surface area contributed by atoms with Crippen LogP contribution in [-0.4, -0.2) is 62.0 Å². The van der Waals surface area contributed by atoms with Gasteiger partial charge in [0, 0.05) is 41.2 Å². The van der Waals surface area contributed by atoms with Crippen LogP contribution in [0.5, 0.6) is 11.5 Å². The number of rotatable bonds is 5. The second kappa shape index (κ2) is 9.44. The third-order valence-electron chi connectivity index (χ3n) is 6.08. The fourth-order valence-electron chi connectivity index (χ4n) is 4.45. The lowest BCUT2D eigenvalue weighted by atomic mass is 9.95. The number of likely N-dealkylation sites (tertiary alicyclic amines) is 1. The normalized spacial score (nSPS) is 20.7. The fourth-order valence-corrected chi connectivity index (χ4v) is 4.69. The Kier molecular flexibility index (Phi) is 6.21. The molecule has 2 aliphatic rings. The average Bonchev–Trinajstić information content (AvgIpc) is 3.38. The summed E-state index contributed by atoms with van der Waals surface area (Å²) in [6.07, 6.45) is 1.56. The van der Waals surface area contributed by atoms with Crippen molar-refractivity contribution in [1.82, 2.24) is 25.5 Å². The Morgan fingerprint density at radius 1 is 1.29 bits per heavy atom. The first kappa shape index (κ1) is 22.4. The van der Waals surface area contributed by atoms with E-state index in [9.17, 15) is 9.90 Å². The minimum atomic E-state index is -1.12. The number of tetrazole rings is 1. The van der Waals surface area contributed by atoms with Crippen LogP contribution in [-0.2, 0) is 4.79 Å². The number of aliphatic hydroxyl groups is 1. The molecule has 1 saturated heterocycles. The van der Waals surface area contributed by atoms with E-state index in [-0.39, 0.29) is 11.8 Å². The van der Waals surface area contributed by atoms with E-state index in [1.807, 2.05) is 24.3 Å². The lowest BCUT2D eigenvalue weighted by molar-refractivity contribution is -0.139. The number of hydrogen-bond acceptors (Lipinski definition) is 7. The highest BCUT2D eigenvalue weighted by atomic mass is 35.5. The Bertz CT molecular complexity index is 1220. The first-order chi connectivity index (χ1) is 16.5. The summed E-state index contributed by atoms with van der Waals surface area (Å²) in [4.78, 5) is 14.9. The van der Waals surface area contributed by atoms with Gasteiger partial charge >= 0.3 is 0 Å². The maximum atomic E-state index is 13.1. The molecule has 1 fully saturated rings. The van der Waals surface area contributed by atoms with E-state index in [4.69, 9.17) is 21.1 Å². The molecule has 0 aliphatic carbocycles. The Morgan fingerprint density at radius 3 is 2.94 bits per heavy atom. The van der Waals surface area contributed by atoms with Gasteiger partial charge in [-0.1, -0.05) is 35.0 Å². The number of halogens is 1. The van der Waals surface area contributed by atoms with Gasteiger partial charge in [0.05, 0.1) is 0 Å². The average molecular weight is 482 g/mol. The standard InChI is InChI=1S/C24H24ClN5O4/c1-14(24(32)30-10-4-5-15(13-30)23-26-28-29-27-23)33-16-8-9-18-19(12-22(31)34-21(18)11-16)17-6-2-3-7-20(17)25/h2-3,6-9,11-12,14-15,22,31H,4-5,10,13H2,1H3,(H,26,27,28,29). The summed E-state index contributed by atoms with van der Waals surface area (Å²) in [5.41, 5.74) is 2.35. The number of piperidine rings is 1. The Hall–Kier alpha value is -3.43. The number of ether oxygens (including phenoxy) is 2. The summed E-state index contributed by atoms with van der Waals surface area (Å²) in [7, 11) is 0. The van der Waals surface area contributed by atoms with Crippen LogP contribution in [0, 0.1) is 0 Å². The molecule has 2 N–H and O–H groups in total. The van der Waals surface area contributed by atoms with Crippen molar-refractivity contribution in [2.75, 3.05) is 13.1 Å². The van der Waals surface area contributed by atoms with Gasteiger partial charge in [-0.3, -0.25) is 4.79 Å². The van der Waals surface area contributed by atoms with E-state index in [0.29, 0.717) is 35.4 Å². The van der Waals surface area contributed by atoms with Crippen molar-refractivity contribution < 1.29 is 19.4 Å². The monoisotopic (exact) mass is 481 g/mol. The summed E-state index contributed by atoms with van der Waals surface area (Å²) < 4.78 is 11.6. The summed E-state index contributed by atoms with van der Waals surface area (Å²) >= 11 is 6.38. The largest absolute Gasteiger partial charge is 0.481 e. The topological polar surface area (TPSA) is 113 Å². The van der Waals surface area contributed by atoms with Crippen molar-refractivity contribution in [3.8, 4) is 11.5 Å². The lowest BCUT2D eigenvalue weighted by Gasteiger charge is -2.33. The molecule has 2 aromatic carbocycles. The van der Waals surface area contributed by atoms with Crippen LogP contribution in [0.25, 0.3) is 5.57 Å². The minimum Gasteiger partial charge on any atom is -0.481 e. The first-order valence-electron chi connectivity index (χ1n) is 11.1. The molecule has 5 rings (SSSR count). The van der Waals surface area contributed by atoms with Crippen LogP contribution in [0.3, 0.4) is 0 Å². The van der Waals surface area contributed by atoms with E-state index in [0.717, 1.165) is 29.5 Å². The van der Waals surface area contributed by atoms with Gasteiger partial charge in [-0.15, -0.1) is 10.2 Å². The molecule has 3 atom stereocenters. The molecule has 1 amide bonds. The second-order valence-electron chi connectivity index (χ2n) is 8.38. The molecular weight excluding hydrogens is 458 g/mol. The molecular formula is C24H24ClN5O4. The Morgan fingerprint density at radius 2 is 2.15 bits per heavy atom. The van der Waals surface area contributed by atoms with E-state index in [2.05, 4.69) is 20.6 Å². The van der Waals surface area contributed by atoms with Crippen LogP contribution in [0.4, 0.5) is 0 Å². The number of hydrogen-bond donors (Lipinski definition) is 2. The molecule has 0 spiro atoms. The maximum absolute atomic E-state index is 13.1.